The summed E-state index contributed by atoms with van der Waals surface area (Å²) in [5.74, 6) is -0.146. The minimum atomic E-state index is -0.564. The second kappa shape index (κ2) is 11.7. The number of methoxy groups -OCH3 is 1. The SMILES string of the molecule is COC(=O)c1nc(Nc2ccccc2NC(=N)Nc2ccc(-c3ccccc3)nn2)sc1-c1ccccc1Cl. The maximum atomic E-state index is 12.5. The zero-order valence-corrected chi connectivity index (χ0v) is 22.2. The third kappa shape index (κ3) is 6.03. The van der Waals surface area contributed by atoms with Gasteiger partial charge in [0.2, 0.25) is 0 Å². The van der Waals surface area contributed by atoms with Crippen molar-refractivity contribution in [3.05, 3.63) is 102 Å². The van der Waals surface area contributed by atoms with Crippen LogP contribution in [-0.4, -0.2) is 34.2 Å². The lowest BCUT2D eigenvalue weighted by molar-refractivity contribution is 0.0596. The van der Waals surface area contributed by atoms with E-state index >= 15 is 0 Å². The van der Waals surface area contributed by atoms with Crippen LogP contribution in [0, 0.1) is 5.41 Å². The number of carbonyl (C=O) groups excluding carboxylic acids is 1. The highest BCUT2D eigenvalue weighted by Gasteiger charge is 2.22. The molecule has 2 aromatic heterocycles. The molecule has 0 amide bonds. The molecule has 0 spiro atoms. The largest absolute Gasteiger partial charge is 0.464 e. The van der Waals surface area contributed by atoms with E-state index in [1.807, 2.05) is 78.9 Å². The normalized spacial score (nSPS) is 10.5. The van der Waals surface area contributed by atoms with Gasteiger partial charge < -0.3 is 20.7 Å². The van der Waals surface area contributed by atoms with Gasteiger partial charge in [-0.15, -0.1) is 10.2 Å². The molecule has 9 nitrogen and oxygen atoms in total. The molecule has 5 rings (SSSR count). The summed E-state index contributed by atoms with van der Waals surface area (Å²) in [5, 5.41) is 27.0. The van der Waals surface area contributed by atoms with Crippen LogP contribution in [-0.2, 0) is 4.74 Å². The maximum Gasteiger partial charge on any atom is 0.358 e. The van der Waals surface area contributed by atoms with Crippen molar-refractivity contribution in [2.75, 3.05) is 23.1 Å². The van der Waals surface area contributed by atoms with Gasteiger partial charge in [0.15, 0.2) is 22.6 Å². The fourth-order valence-corrected chi connectivity index (χ4v) is 5.00. The average Bonchev–Trinajstić information content (AvgIpc) is 3.38. The lowest BCUT2D eigenvalue weighted by Crippen LogP contribution is -2.21. The maximum absolute atomic E-state index is 12.5. The number of hydrogen-bond donors (Lipinski definition) is 4. The summed E-state index contributed by atoms with van der Waals surface area (Å²) < 4.78 is 4.94. The van der Waals surface area contributed by atoms with Crippen LogP contribution in [0.4, 0.5) is 22.3 Å². The third-order valence-electron chi connectivity index (χ3n) is 5.54. The molecule has 5 aromatic rings. The van der Waals surface area contributed by atoms with Crippen LogP contribution in [0.5, 0.6) is 0 Å². The van der Waals surface area contributed by atoms with Gasteiger partial charge in [-0.3, -0.25) is 5.41 Å². The van der Waals surface area contributed by atoms with Crippen molar-refractivity contribution in [2.45, 2.75) is 0 Å². The molecular formula is C28H22ClN7O2S. The first kappa shape index (κ1) is 25.8. The minimum Gasteiger partial charge on any atom is -0.464 e. The predicted octanol–water partition coefficient (Wildman–Crippen LogP) is 6.91. The zero-order chi connectivity index (χ0) is 27.2. The lowest BCUT2D eigenvalue weighted by atomic mass is 10.1. The standard InChI is InChI=1S/C28H22ClN7O2S/c1-38-26(37)24-25(18-11-5-6-12-19(18)29)39-28(34-24)32-22-14-8-7-13-21(22)31-27(30)33-23-16-15-20(35-36-23)17-9-3-2-4-10-17/h2-16H,1H3,(H,32,34)(H3,30,31,33,36). The Kier molecular flexibility index (Phi) is 7.76. The highest BCUT2D eigenvalue weighted by Crippen LogP contribution is 2.39. The number of para-hydroxylation sites is 2. The molecule has 2 heterocycles. The topological polar surface area (TPSA) is 125 Å². The monoisotopic (exact) mass is 555 g/mol. The Labute approximate surface area is 233 Å². The van der Waals surface area contributed by atoms with Crippen LogP contribution >= 0.6 is 22.9 Å². The summed E-state index contributed by atoms with van der Waals surface area (Å²) in [5.41, 5.74) is 3.79. The summed E-state index contributed by atoms with van der Waals surface area (Å²) in [6, 6.07) is 27.9. The minimum absolute atomic E-state index is 0.00263. The molecule has 0 aliphatic heterocycles. The van der Waals surface area contributed by atoms with E-state index in [2.05, 4.69) is 31.1 Å². The first-order valence-corrected chi connectivity index (χ1v) is 12.9. The number of halogens is 1. The van der Waals surface area contributed by atoms with Crippen molar-refractivity contribution in [1.82, 2.24) is 15.2 Å². The second-order valence-electron chi connectivity index (χ2n) is 8.13. The molecule has 0 atom stereocenters. The number of aromatic nitrogens is 3. The van der Waals surface area contributed by atoms with Gasteiger partial charge in [0.05, 0.1) is 29.1 Å². The Hall–Kier alpha value is -4.80. The Balaban J connectivity index is 1.33. The molecule has 11 heteroatoms. The number of ether oxygens (including phenoxy) is 1. The number of nitrogens with zero attached hydrogens (tertiary/aromatic N) is 3. The molecule has 39 heavy (non-hydrogen) atoms. The van der Waals surface area contributed by atoms with Crippen LogP contribution in [0.1, 0.15) is 10.5 Å². The van der Waals surface area contributed by atoms with Crippen molar-refractivity contribution >= 4 is 57.2 Å². The number of guanidine groups is 1. The number of benzene rings is 3. The molecule has 0 saturated heterocycles. The fourth-order valence-electron chi connectivity index (χ4n) is 3.71. The van der Waals surface area contributed by atoms with E-state index in [9.17, 15) is 4.79 Å². The number of anilines is 4. The molecule has 4 N–H and O–H groups in total. The van der Waals surface area contributed by atoms with E-state index in [0.717, 1.165) is 11.3 Å². The number of esters is 1. The Morgan fingerprint density at radius 3 is 2.31 bits per heavy atom. The number of nitrogens with one attached hydrogen (secondary N) is 4. The van der Waals surface area contributed by atoms with E-state index in [1.165, 1.54) is 18.4 Å². The highest BCUT2D eigenvalue weighted by atomic mass is 35.5. The Bertz CT molecular complexity index is 1630. The predicted molar refractivity (Wildman–Crippen MR) is 156 cm³/mol. The zero-order valence-electron chi connectivity index (χ0n) is 20.6. The van der Waals surface area contributed by atoms with Crippen molar-refractivity contribution in [2.24, 2.45) is 0 Å². The average molecular weight is 556 g/mol. The van der Waals surface area contributed by atoms with Crippen LogP contribution < -0.4 is 16.0 Å². The van der Waals surface area contributed by atoms with Gasteiger partial charge in [0.1, 0.15) is 0 Å². The van der Waals surface area contributed by atoms with Gasteiger partial charge in [-0.1, -0.05) is 83.6 Å². The van der Waals surface area contributed by atoms with Gasteiger partial charge in [-0.25, -0.2) is 9.78 Å². The summed E-state index contributed by atoms with van der Waals surface area (Å²) in [6.07, 6.45) is 0. The number of thiazole rings is 1. The summed E-state index contributed by atoms with van der Waals surface area (Å²) in [6.45, 7) is 0. The smallest absolute Gasteiger partial charge is 0.358 e. The molecule has 0 bridgehead atoms. The summed E-state index contributed by atoms with van der Waals surface area (Å²) in [4.78, 5) is 17.5. The molecular weight excluding hydrogens is 534 g/mol. The highest BCUT2D eigenvalue weighted by molar-refractivity contribution is 7.19. The third-order valence-corrected chi connectivity index (χ3v) is 6.87. The molecule has 3 aromatic carbocycles. The second-order valence-corrected chi connectivity index (χ2v) is 9.54. The van der Waals surface area contributed by atoms with Crippen molar-refractivity contribution in [3.8, 4) is 21.7 Å². The van der Waals surface area contributed by atoms with E-state index in [4.69, 9.17) is 21.7 Å². The van der Waals surface area contributed by atoms with E-state index < -0.39 is 5.97 Å². The Morgan fingerprint density at radius 2 is 1.59 bits per heavy atom. The van der Waals surface area contributed by atoms with Gasteiger partial charge in [0, 0.05) is 16.1 Å². The summed E-state index contributed by atoms with van der Waals surface area (Å²) in [7, 11) is 1.31. The summed E-state index contributed by atoms with van der Waals surface area (Å²) >= 11 is 7.67. The van der Waals surface area contributed by atoms with Gasteiger partial charge in [-0.2, -0.15) is 0 Å². The molecule has 0 aliphatic rings. The lowest BCUT2D eigenvalue weighted by Gasteiger charge is -2.14. The van der Waals surface area contributed by atoms with Gasteiger partial charge in [-0.05, 0) is 30.3 Å². The van der Waals surface area contributed by atoms with Gasteiger partial charge >= 0.3 is 5.97 Å². The Morgan fingerprint density at radius 1 is 0.872 bits per heavy atom. The van der Waals surface area contributed by atoms with E-state index in [-0.39, 0.29) is 11.7 Å². The number of hydrogen-bond acceptors (Lipinski definition) is 8. The first-order valence-electron chi connectivity index (χ1n) is 11.7. The number of rotatable bonds is 7. The van der Waals surface area contributed by atoms with Crippen LogP contribution in [0.3, 0.4) is 0 Å². The van der Waals surface area contributed by atoms with Crippen LogP contribution in [0.2, 0.25) is 5.02 Å². The van der Waals surface area contributed by atoms with E-state index in [1.54, 1.807) is 12.1 Å². The van der Waals surface area contributed by atoms with Crippen LogP contribution in [0.25, 0.3) is 21.7 Å². The van der Waals surface area contributed by atoms with Crippen LogP contribution in [0.15, 0.2) is 91.0 Å². The molecule has 0 radical (unpaired) electrons. The van der Waals surface area contributed by atoms with Gasteiger partial charge in [0.25, 0.3) is 0 Å². The van der Waals surface area contributed by atoms with E-state index in [0.29, 0.717) is 37.8 Å². The molecule has 194 valence electrons. The number of carbonyl (C=O) groups is 1. The molecule has 0 aliphatic carbocycles. The van der Waals surface area contributed by atoms with Crippen molar-refractivity contribution in [1.29, 1.82) is 5.41 Å². The molecule has 0 saturated carbocycles. The fraction of sp³-hybridized carbons (Fsp3) is 0.0357. The first-order chi connectivity index (χ1) is 19.0. The quantitative estimate of drug-likeness (QED) is 0.0969. The molecule has 0 fully saturated rings. The van der Waals surface area contributed by atoms with Crippen molar-refractivity contribution in [3.63, 3.8) is 0 Å². The van der Waals surface area contributed by atoms with Crippen molar-refractivity contribution < 1.29 is 9.53 Å². The molecule has 0 unspecified atom stereocenters.